The molecular weight excluding hydrogens is 540 g/mol. The molecule has 4 N–H and O–H groups in total. The van der Waals surface area contributed by atoms with Crippen LogP contribution < -0.4 is 16.4 Å². The van der Waals surface area contributed by atoms with Gasteiger partial charge in [0.15, 0.2) is 5.65 Å². The van der Waals surface area contributed by atoms with Gasteiger partial charge in [0.25, 0.3) is 0 Å². The summed E-state index contributed by atoms with van der Waals surface area (Å²) in [6, 6.07) is 3.91. The molecule has 0 aliphatic heterocycles. The van der Waals surface area contributed by atoms with E-state index in [-0.39, 0.29) is 35.6 Å². The van der Waals surface area contributed by atoms with Gasteiger partial charge in [0.05, 0.1) is 11.9 Å². The minimum Gasteiger partial charge on any atom is -0.351 e. The van der Waals surface area contributed by atoms with Gasteiger partial charge in [0.2, 0.25) is 17.8 Å². The summed E-state index contributed by atoms with van der Waals surface area (Å²) in [6.07, 6.45) is 8.48. The van der Waals surface area contributed by atoms with Crippen molar-refractivity contribution in [2.75, 3.05) is 44.4 Å². The zero-order valence-electron chi connectivity index (χ0n) is 24.8. The maximum absolute atomic E-state index is 14.6. The molecule has 0 bridgehead atoms. The van der Waals surface area contributed by atoms with Crippen LogP contribution in [0.25, 0.3) is 11.2 Å². The summed E-state index contributed by atoms with van der Waals surface area (Å²) in [7, 11) is 3.93. The minimum atomic E-state index is -0.705. The lowest BCUT2D eigenvalue weighted by Gasteiger charge is -2.32. The van der Waals surface area contributed by atoms with Gasteiger partial charge < -0.3 is 26.2 Å². The number of carbonyl (C=O) groups excluding carboxylic acids is 1. The van der Waals surface area contributed by atoms with E-state index >= 15 is 0 Å². The third-order valence-electron chi connectivity index (χ3n) is 8.86. The van der Waals surface area contributed by atoms with Crippen molar-refractivity contribution in [3.05, 3.63) is 36.0 Å². The molecule has 2 heterocycles. The van der Waals surface area contributed by atoms with Crippen molar-refractivity contribution in [1.29, 1.82) is 0 Å². The van der Waals surface area contributed by atoms with Gasteiger partial charge in [-0.2, -0.15) is 4.98 Å². The first-order valence-electron chi connectivity index (χ1n) is 15.1. The third-order valence-corrected chi connectivity index (χ3v) is 8.86. The van der Waals surface area contributed by atoms with Crippen LogP contribution in [0.15, 0.2) is 24.4 Å². The fourth-order valence-corrected chi connectivity index (χ4v) is 6.03. The highest BCUT2D eigenvalue weighted by Crippen LogP contribution is 2.38. The number of hydrogen-bond acceptors (Lipinski definition) is 8. The van der Waals surface area contributed by atoms with Crippen LogP contribution in [-0.2, 0) is 4.79 Å². The molecule has 2 fully saturated rings. The molecule has 2 aromatic heterocycles. The molecular formula is C30H43F2N9O. The smallest absolute Gasteiger partial charge is 0.225 e. The maximum Gasteiger partial charge on any atom is 0.225 e. The standard InChI is InChI=1S/C30H43F2N9O/c1-4-39(2)15-16-40(3)28(42)19-5-12-23(13-6-19)41-27-26(37-30(41)36-25-14-7-20(31)17-24(25)32)18-34-29(38-27)35-22-10-8-21(33)9-11-22/h7,14,17-19,21-23H,4-6,8-13,15-16,33H2,1-3H3,(H,36,37)(H,34,35,38)/t19-,21-,22-,23+. The number of nitrogens with two attached hydrogens (primary N) is 1. The number of fused-ring (bicyclic) bond motifs is 1. The van der Waals surface area contributed by atoms with Gasteiger partial charge in [-0.3, -0.25) is 9.36 Å². The molecule has 42 heavy (non-hydrogen) atoms. The summed E-state index contributed by atoms with van der Waals surface area (Å²) < 4.78 is 30.2. The summed E-state index contributed by atoms with van der Waals surface area (Å²) in [5.41, 5.74) is 7.42. The Kier molecular flexibility index (Phi) is 9.52. The van der Waals surface area contributed by atoms with Crippen LogP contribution >= 0.6 is 0 Å². The summed E-state index contributed by atoms with van der Waals surface area (Å²) in [5, 5.41) is 6.54. The van der Waals surface area contributed by atoms with Crippen LogP contribution in [-0.4, -0.2) is 81.0 Å². The Morgan fingerprint density at radius 2 is 1.79 bits per heavy atom. The monoisotopic (exact) mass is 583 g/mol. The van der Waals surface area contributed by atoms with E-state index in [4.69, 9.17) is 15.7 Å². The first kappa shape index (κ1) is 30.1. The second kappa shape index (κ2) is 13.3. The summed E-state index contributed by atoms with van der Waals surface area (Å²) in [6.45, 7) is 4.59. The van der Waals surface area contributed by atoms with Crippen LogP contribution in [0.5, 0.6) is 0 Å². The number of rotatable bonds is 10. The molecule has 1 aromatic carbocycles. The number of nitrogens with one attached hydrogen (secondary N) is 2. The number of benzene rings is 1. The van der Waals surface area contributed by atoms with Crippen LogP contribution in [0.3, 0.4) is 0 Å². The van der Waals surface area contributed by atoms with Crippen LogP contribution in [0, 0.1) is 17.6 Å². The number of amides is 1. The first-order chi connectivity index (χ1) is 20.2. The molecule has 0 unspecified atom stereocenters. The van der Waals surface area contributed by atoms with Crippen molar-refractivity contribution in [3.63, 3.8) is 0 Å². The van der Waals surface area contributed by atoms with Gasteiger partial charge in [-0.25, -0.2) is 18.7 Å². The molecule has 10 nitrogen and oxygen atoms in total. The van der Waals surface area contributed by atoms with Crippen LogP contribution in [0.4, 0.5) is 26.4 Å². The normalized spacial score (nSPS) is 22.8. The second-order valence-electron chi connectivity index (χ2n) is 11.9. The number of hydrogen-bond donors (Lipinski definition) is 3. The average Bonchev–Trinajstić information content (AvgIpc) is 3.35. The van der Waals surface area contributed by atoms with Crippen LogP contribution in [0.1, 0.15) is 64.3 Å². The van der Waals surface area contributed by atoms with Crippen molar-refractivity contribution in [1.82, 2.24) is 29.3 Å². The fourth-order valence-electron chi connectivity index (χ4n) is 6.03. The Bertz CT molecular complexity index is 1370. The molecule has 2 aliphatic carbocycles. The van der Waals surface area contributed by atoms with E-state index in [1.807, 2.05) is 16.5 Å². The van der Waals surface area contributed by atoms with Gasteiger partial charge in [0, 0.05) is 50.2 Å². The number of aromatic nitrogens is 4. The zero-order valence-corrected chi connectivity index (χ0v) is 24.8. The lowest BCUT2D eigenvalue weighted by Crippen LogP contribution is -2.39. The SMILES string of the molecule is CCN(C)CCN(C)C(=O)[C@H]1CC[C@@H](n2c(Nc3ccc(F)cc3F)nc3cnc(N[C@H]4CC[C@H](N)CC4)nc32)CC1. The molecule has 5 rings (SSSR count). The second-order valence-corrected chi connectivity index (χ2v) is 11.9. The Hall–Kier alpha value is -3.38. The van der Waals surface area contributed by atoms with E-state index in [1.165, 1.54) is 12.1 Å². The average molecular weight is 584 g/mol. The predicted octanol–water partition coefficient (Wildman–Crippen LogP) is 4.67. The number of imidazole rings is 1. The number of anilines is 3. The van der Waals surface area contributed by atoms with Crippen molar-refractivity contribution in [2.45, 2.75) is 76.4 Å². The largest absolute Gasteiger partial charge is 0.351 e. The Balaban J connectivity index is 1.37. The van der Waals surface area contributed by atoms with Crippen molar-refractivity contribution < 1.29 is 13.6 Å². The molecule has 3 aromatic rings. The van der Waals surface area contributed by atoms with E-state index in [0.717, 1.165) is 70.5 Å². The van der Waals surface area contributed by atoms with Gasteiger partial charge in [0.1, 0.15) is 17.2 Å². The highest BCUT2D eigenvalue weighted by Gasteiger charge is 2.32. The van der Waals surface area contributed by atoms with Crippen molar-refractivity contribution in [3.8, 4) is 0 Å². The Morgan fingerprint density at radius 1 is 1.05 bits per heavy atom. The molecule has 0 atom stereocenters. The van der Waals surface area contributed by atoms with Gasteiger partial charge in [-0.1, -0.05) is 6.92 Å². The van der Waals surface area contributed by atoms with E-state index in [2.05, 4.69) is 34.5 Å². The topological polar surface area (TPSA) is 117 Å². The number of carbonyl (C=O) groups is 1. The number of likely N-dealkylation sites (N-methyl/N-ethyl adjacent to an activating group) is 2. The van der Waals surface area contributed by atoms with E-state index in [0.29, 0.717) is 29.6 Å². The highest BCUT2D eigenvalue weighted by molar-refractivity contribution is 5.79. The molecule has 0 spiro atoms. The Labute approximate surface area is 246 Å². The lowest BCUT2D eigenvalue weighted by atomic mass is 9.85. The Morgan fingerprint density at radius 3 is 2.48 bits per heavy atom. The molecule has 0 radical (unpaired) electrons. The van der Waals surface area contributed by atoms with Gasteiger partial charge in [-0.15, -0.1) is 0 Å². The summed E-state index contributed by atoms with van der Waals surface area (Å²) in [4.78, 5) is 31.3. The van der Waals surface area contributed by atoms with Gasteiger partial charge in [-0.05, 0) is 77.1 Å². The number of halogens is 2. The zero-order chi connectivity index (χ0) is 29.8. The van der Waals surface area contributed by atoms with E-state index in [1.54, 1.807) is 6.20 Å². The molecule has 2 aliphatic rings. The van der Waals surface area contributed by atoms with Crippen molar-refractivity contribution >= 4 is 34.7 Å². The molecule has 228 valence electrons. The molecule has 12 heteroatoms. The summed E-state index contributed by atoms with van der Waals surface area (Å²) in [5.74, 6) is -0.273. The van der Waals surface area contributed by atoms with Gasteiger partial charge >= 0.3 is 0 Å². The summed E-state index contributed by atoms with van der Waals surface area (Å²) >= 11 is 0. The van der Waals surface area contributed by atoms with Crippen LogP contribution in [0.2, 0.25) is 0 Å². The first-order valence-corrected chi connectivity index (χ1v) is 15.1. The fraction of sp³-hybridized carbons (Fsp3) is 0.600. The maximum atomic E-state index is 14.6. The van der Waals surface area contributed by atoms with Crippen molar-refractivity contribution in [2.24, 2.45) is 11.7 Å². The van der Waals surface area contributed by atoms with E-state index in [9.17, 15) is 13.6 Å². The number of nitrogens with zero attached hydrogens (tertiary/aromatic N) is 6. The minimum absolute atomic E-state index is 0.00276. The molecule has 0 saturated heterocycles. The third kappa shape index (κ3) is 6.97. The lowest BCUT2D eigenvalue weighted by molar-refractivity contribution is -0.135. The van der Waals surface area contributed by atoms with E-state index < -0.39 is 11.6 Å². The quantitative estimate of drug-likeness (QED) is 0.315. The molecule has 2 saturated carbocycles. The molecule has 1 amide bonds. The predicted molar refractivity (Wildman–Crippen MR) is 161 cm³/mol. The highest BCUT2D eigenvalue weighted by atomic mass is 19.1.